The maximum Gasteiger partial charge on any atom is 0.318 e. The van der Waals surface area contributed by atoms with E-state index in [0.717, 1.165) is 5.56 Å². The van der Waals surface area contributed by atoms with Gasteiger partial charge in [0.05, 0.1) is 25.9 Å². The molecule has 2 aliphatic heterocycles. The van der Waals surface area contributed by atoms with Gasteiger partial charge in [0.2, 0.25) is 11.8 Å². The van der Waals surface area contributed by atoms with Crippen molar-refractivity contribution >= 4 is 17.8 Å². The molecule has 2 saturated heterocycles. The molecule has 2 aliphatic rings. The van der Waals surface area contributed by atoms with Crippen molar-refractivity contribution in [3.05, 3.63) is 35.9 Å². The molecule has 2 fully saturated rings. The zero-order chi connectivity index (χ0) is 21.3. The minimum atomic E-state index is -0.797. The third-order valence-corrected chi connectivity index (χ3v) is 5.49. The van der Waals surface area contributed by atoms with Gasteiger partial charge in [-0.15, -0.1) is 0 Å². The third-order valence-electron chi connectivity index (χ3n) is 5.49. The maximum atomic E-state index is 13.0. The van der Waals surface area contributed by atoms with Crippen LogP contribution < -0.4 is 16.0 Å². The van der Waals surface area contributed by atoms with Crippen LogP contribution in [-0.4, -0.2) is 79.4 Å². The van der Waals surface area contributed by atoms with Crippen molar-refractivity contribution in [2.24, 2.45) is 5.92 Å². The molecule has 0 spiro atoms. The van der Waals surface area contributed by atoms with Crippen molar-refractivity contribution in [1.82, 2.24) is 20.9 Å². The zero-order valence-electron chi connectivity index (χ0n) is 17.0. The first kappa shape index (κ1) is 22.0. The van der Waals surface area contributed by atoms with Crippen LogP contribution in [0.3, 0.4) is 0 Å². The highest BCUT2D eigenvalue weighted by molar-refractivity contribution is 5.87. The number of carbonyl (C=O) groups is 3. The van der Waals surface area contributed by atoms with Crippen LogP contribution in [0.15, 0.2) is 30.3 Å². The first-order valence-corrected chi connectivity index (χ1v) is 10.4. The molecule has 30 heavy (non-hydrogen) atoms. The SMILES string of the molecule is O=C1NCCC1CC(CO)NC(=O)C(Cc1ccccc1)NC(=O)N1CCOCC1. The number of hydrogen-bond donors (Lipinski definition) is 4. The van der Waals surface area contributed by atoms with Crippen LogP contribution in [0.2, 0.25) is 0 Å². The largest absolute Gasteiger partial charge is 0.394 e. The summed E-state index contributed by atoms with van der Waals surface area (Å²) in [6.07, 6.45) is 1.38. The average Bonchev–Trinajstić information content (AvgIpc) is 3.18. The number of morpholine rings is 1. The van der Waals surface area contributed by atoms with Crippen LogP contribution in [0.4, 0.5) is 4.79 Å². The van der Waals surface area contributed by atoms with E-state index >= 15 is 0 Å². The molecule has 1 aromatic carbocycles. The Morgan fingerprint density at radius 2 is 1.93 bits per heavy atom. The Morgan fingerprint density at radius 3 is 2.57 bits per heavy atom. The molecule has 3 rings (SSSR count). The van der Waals surface area contributed by atoms with Crippen LogP contribution in [0.1, 0.15) is 18.4 Å². The molecular formula is C21H30N4O5. The summed E-state index contributed by atoms with van der Waals surface area (Å²) >= 11 is 0. The number of hydrogen-bond acceptors (Lipinski definition) is 5. The van der Waals surface area contributed by atoms with Crippen LogP contribution in [-0.2, 0) is 20.7 Å². The predicted octanol–water partition coefficient (Wildman–Crippen LogP) is -0.357. The topological polar surface area (TPSA) is 120 Å². The van der Waals surface area contributed by atoms with E-state index in [1.807, 2.05) is 30.3 Å². The van der Waals surface area contributed by atoms with Gasteiger partial charge in [0.25, 0.3) is 0 Å². The number of amides is 4. The summed E-state index contributed by atoms with van der Waals surface area (Å²) in [5, 5.41) is 18.1. The van der Waals surface area contributed by atoms with E-state index in [2.05, 4.69) is 16.0 Å². The van der Waals surface area contributed by atoms with Crippen LogP contribution in [0, 0.1) is 5.92 Å². The molecule has 0 saturated carbocycles. The van der Waals surface area contributed by atoms with Crippen molar-refractivity contribution in [3.8, 4) is 0 Å². The molecule has 3 atom stereocenters. The highest BCUT2D eigenvalue weighted by Gasteiger charge is 2.30. The van der Waals surface area contributed by atoms with Crippen molar-refractivity contribution in [1.29, 1.82) is 0 Å². The molecule has 4 N–H and O–H groups in total. The van der Waals surface area contributed by atoms with E-state index < -0.39 is 12.1 Å². The van der Waals surface area contributed by atoms with Crippen molar-refractivity contribution in [2.75, 3.05) is 39.5 Å². The van der Waals surface area contributed by atoms with Gasteiger partial charge in [0.15, 0.2) is 0 Å². The van der Waals surface area contributed by atoms with Crippen LogP contribution >= 0.6 is 0 Å². The van der Waals surface area contributed by atoms with E-state index in [-0.39, 0.29) is 30.4 Å². The molecule has 9 heteroatoms. The lowest BCUT2D eigenvalue weighted by Crippen LogP contribution is -2.56. The van der Waals surface area contributed by atoms with E-state index in [9.17, 15) is 19.5 Å². The number of aliphatic hydroxyl groups excluding tert-OH is 1. The molecule has 0 aliphatic carbocycles. The molecule has 3 unspecified atom stereocenters. The minimum absolute atomic E-state index is 0.0517. The number of nitrogens with zero attached hydrogens (tertiary/aromatic N) is 1. The second-order valence-electron chi connectivity index (χ2n) is 7.69. The molecule has 0 bridgehead atoms. The Bertz CT molecular complexity index is 723. The van der Waals surface area contributed by atoms with Gasteiger partial charge in [0, 0.05) is 32.0 Å². The second-order valence-corrected chi connectivity index (χ2v) is 7.69. The summed E-state index contributed by atoms with van der Waals surface area (Å²) in [4.78, 5) is 39.1. The maximum absolute atomic E-state index is 13.0. The Labute approximate surface area is 176 Å². The van der Waals surface area contributed by atoms with Crippen molar-refractivity contribution < 1.29 is 24.2 Å². The standard InChI is InChI=1S/C21H30N4O5/c26-14-17(13-16-6-7-22-19(16)27)23-20(28)18(12-15-4-2-1-3-5-15)24-21(29)25-8-10-30-11-9-25/h1-5,16-18,26H,6-14H2,(H,22,27)(H,23,28)(H,24,29). The first-order valence-electron chi connectivity index (χ1n) is 10.4. The van der Waals surface area contributed by atoms with Crippen molar-refractivity contribution in [2.45, 2.75) is 31.3 Å². The Hall–Kier alpha value is -2.65. The predicted molar refractivity (Wildman–Crippen MR) is 110 cm³/mol. The van der Waals surface area contributed by atoms with Gasteiger partial charge in [-0.2, -0.15) is 0 Å². The quantitative estimate of drug-likeness (QED) is 0.460. The number of rotatable bonds is 8. The van der Waals surface area contributed by atoms with Crippen LogP contribution in [0.25, 0.3) is 0 Å². The summed E-state index contributed by atoms with van der Waals surface area (Å²) in [7, 11) is 0. The third kappa shape index (κ3) is 6.17. The number of carbonyl (C=O) groups excluding carboxylic acids is 3. The fraction of sp³-hybridized carbons (Fsp3) is 0.571. The zero-order valence-corrected chi connectivity index (χ0v) is 17.0. The molecule has 2 heterocycles. The van der Waals surface area contributed by atoms with Gasteiger partial charge in [-0.1, -0.05) is 30.3 Å². The fourth-order valence-corrected chi connectivity index (χ4v) is 3.76. The lowest BCUT2D eigenvalue weighted by Gasteiger charge is -2.30. The number of nitrogens with one attached hydrogen (secondary N) is 3. The van der Waals surface area contributed by atoms with Gasteiger partial charge in [0.1, 0.15) is 6.04 Å². The highest BCUT2D eigenvalue weighted by atomic mass is 16.5. The number of ether oxygens (including phenoxy) is 1. The van der Waals surface area contributed by atoms with Gasteiger partial charge in [-0.3, -0.25) is 9.59 Å². The summed E-state index contributed by atoms with van der Waals surface area (Å²) < 4.78 is 5.28. The van der Waals surface area contributed by atoms with E-state index in [1.165, 1.54) is 0 Å². The lowest BCUT2D eigenvalue weighted by atomic mass is 9.98. The summed E-state index contributed by atoms with van der Waals surface area (Å²) in [5.41, 5.74) is 0.913. The molecule has 4 amide bonds. The molecule has 0 aromatic heterocycles. The van der Waals surface area contributed by atoms with Gasteiger partial charge < -0.3 is 30.7 Å². The molecule has 1 aromatic rings. The average molecular weight is 418 g/mol. The summed E-state index contributed by atoms with van der Waals surface area (Å²) in [6, 6.07) is 7.77. The number of urea groups is 1. The van der Waals surface area contributed by atoms with E-state index in [4.69, 9.17) is 4.74 Å². The Kier molecular flexibility index (Phi) is 8.04. The van der Waals surface area contributed by atoms with Crippen molar-refractivity contribution in [3.63, 3.8) is 0 Å². The van der Waals surface area contributed by atoms with E-state index in [1.54, 1.807) is 4.90 Å². The Morgan fingerprint density at radius 1 is 1.20 bits per heavy atom. The lowest BCUT2D eigenvalue weighted by molar-refractivity contribution is -0.126. The number of benzene rings is 1. The smallest absolute Gasteiger partial charge is 0.318 e. The van der Waals surface area contributed by atoms with Gasteiger partial charge >= 0.3 is 6.03 Å². The summed E-state index contributed by atoms with van der Waals surface area (Å²) in [6.45, 7) is 2.23. The molecule has 0 radical (unpaired) electrons. The van der Waals surface area contributed by atoms with Gasteiger partial charge in [-0.05, 0) is 18.4 Å². The highest BCUT2D eigenvalue weighted by Crippen LogP contribution is 2.16. The van der Waals surface area contributed by atoms with E-state index in [0.29, 0.717) is 52.1 Å². The first-order chi connectivity index (χ1) is 14.6. The fourth-order valence-electron chi connectivity index (χ4n) is 3.76. The molecule has 9 nitrogen and oxygen atoms in total. The monoisotopic (exact) mass is 418 g/mol. The van der Waals surface area contributed by atoms with Crippen LogP contribution in [0.5, 0.6) is 0 Å². The number of aliphatic hydroxyl groups is 1. The second kappa shape index (κ2) is 10.9. The minimum Gasteiger partial charge on any atom is -0.394 e. The molecular weight excluding hydrogens is 388 g/mol. The van der Waals surface area contributed by atoms with Gasteiger partial charge in [-0.25, -0.2) is 4.79 Å². The Balaban J connectivity index is 1.65. The summed E-state index contributed by atoms with van der Waals surface area (Å²) in [5.74, 6) is -0.653. The normalized spacial score (nSPS) is 20.9. The molecule has 164 valence electrons.